The molecule has 1 aromatic carbocycles. The molecular formula is C24H25ClN6O. The highest BCUT2D eigenvalue weighted by molar-refractivity contribution is 6.30. The molecule has 32 heavy (non-hydrogen) atoms. The maximum absolute atomic E-state index is 9.94. The van der Waals surface area contributed by atoms with Gasteiger partial charge in [-0.3, -0.25) is 0 Å². The Morgan fingerprint density at radius 2 is 1.84 bits per heavy atom. The van der Waals surface area contributed by atoms with Crippen molar-refractivity contribution in [3.05, 3.63) is 76.2 Å². The van der Waals surface area contributed by atoms with Gasteiger partial charge in [0.05, 0.1) is 23.5 Å². The minimum absolute atomic E-state index is 0.0758. The first-order valence-corrected chi connectivity index (χ1v) is 11.2. The number of halogens is 1. The summed E-state index contributed by atoms with van der Waals surface area (Å²) >= 11 is 5.82. The van der Waals surface area contributed by atoms with Crippen molar-refractivity contribution in [2.45, 2.75) is 31.9 Å². The zero-order valence-electron chi connectivity index (χ0n) is 17.7. The van der Waals surface area contributed by atoms with Crippen molar-refractivity contribution < 1.29 is 5.11 Å². The van der Waals surface area contributed by atoms with Crippen molar-refractivity contribution in [2.24, 2.45) is 11.1 Å². The Labute approximate surface area is 192 Å². The summed E-state index contributed by atoms with van der Waals surface area (Å²) in [5.41, 5.74) is 10.7. The lowest BCUT2D eigenvalue weighted by atomic mass is 9.73. The molecule has 0 saturated carbocycles. The summed E-state index contributed by atoms with van der Waals surface area (Å²) in [7, 11) is 0. The lowest BCUT2D eigenvalue weighted by Crippen LogP contribution is -2.45. The smallest absolute Gasteiger partial charge is 0.152 e. The highest BCUT2D eigenvalue weighted by atomic mass is 35.5. The molecule has 1 aliphatic heterocycles. The fraction of sp³-hybridized carbons (Fsp3) is 0.333. The van der Waals surface area contributed by atoms with Gasteiger partial charge < -0.3 is 15.7 Å². The summed E-state index contributed by atoms with van der Waals surface area (Å²) in [6.07, 6.45) is 11.3. The highest BCUT2D eigenvalue weighted by Gasteiger charge is 2.46. The first-order chi connectivity index (χ1) is 15.6. The van der Waals surface area contributed by atoms with E-state index < -0.39 is 0 Å². The van der Waals surface area contributed by atoms with Gasteiger partial charge in [-0.2, -0.15) is 0 Å². The predicted octanol–water partition coefficient (Wildman–Crippen LogP) is 3.43. The van der Waals surface area contributed by atoms with Gasteiger partial charge in [-0.05, 0) is 48.0 Å². The summed E-state index contributed by atoms with van der Waals surface area (Å²) < 4.78 is 0. The van der Waals surface area contributed by atoms with Crippen molar-refractivity contribution in [3.8, 4) is 0 Å². The SMILES string of the molecule is NC1c2ccccc2CC12CCN(c1ncc(C=Cc3ncc(Cl)cn3)nc1CO)CC2. The van der Waals surface area contributed by atoms with Gasteiger partial charge in [-0.1, -0.05) is 35.9 Å². The summed E-state index contributed by atoms with van der Waals surface area (Å²) in [5, 5.41) is 10.4. The van der Waals surface area contributed by atoms with Crippen molar-refractivity contribution in [2.75, 3.05) is 18.0 Å². The highest BCUT2D eigenvalue weighted by Crippen LogP contribution is 2.50. The van der Waals surface area contributed by atoms with E-state index in [1.165, 1.54) is 11.1 Å². The van der Waals surface area contributed by atoms with E-state index in [9.17, 15) is 5.11 Å². The molecule has 164 valence electrons. The molecule has 3 heterocycles. The van der Waals surface area contributed by atoms with Crippen LogP contribution in [0, 0.1) is 5.41 Å². The zero-order valence-corrected chi connectivity index (χ0v) is 18.4. The molecule has 7 nitrogen and oxygen atoms in total. The van der Waals surface area contributed by atoms with Crippen LogP contribution >= 0.6 is 11.6 Å². The minimum atomic E-state index is -0.173. The van der Waals surface area contributed by atoms with Crippen LogP contribution in [0.3, 0.4) is 0 Å². The molecule has 2 aliphatic rings. The van der Waals surface area contributed by atoms with E-state index in [-0.39, 0.29) is 18.1 Å². The van der Waals surface area contributed by atoms with Gasteiger partial charge in [0.25, 0.3) is 0 Å². The van der Waals surface area contributed by atoms with Gasteiger partial charge in [0, 0.05) is 31.5 Å². The average Bonchev–Trinajstić information content (AvgIpc) is 3.10. The lowest BCUT2D eigenvalue weighted by molar-refractivity contribution is 0.186. The number of piperidine rings is 1. The molecule has 0 radical (unpaired) electrons. The van der Waals surface area contributed by atoms with E-state index in [2.05, 4.69) is 49.1 Å². The molecule has 3 N–H and O–H groups in total. The van der Waals surface area contributed by atoms with Crippen molar-refractivity contribution >= 4 is 29.6 Å². The van der Waals surface area contributed by atoms with E-state index in [1.807, 2.05) is 0 Å². The molecule has 1 aliphatic carbocycles. The second-order valence-electron chi connectivity index (χ2n) is 8.52. The number of rotatable bonds is 4. The maximum Gasteiger partial charge on any atom is 0.152 e. The van der Waals surface area contributed by atoms with E-state index in [0.717, 1.165) is 38.2 Å². The summed E-state index contributed by atoms with van der Waals surface area (Å²) in [5.74, 6) is 1.27. The molecule has 1 saturated heterocycles. The van der Waals surface area contributed by atoms with Gasteiger partial charge in [-0.15, -0.1) is 0 Å². The van der Waals surface area contributed by atoms with E-state index in [4.69, 9.17) is 17.3 Å². The topological polar surface area (TPSA) is 101 Å². The van der Waals surface area contributed by atoms with Crippen LogP contribution in [-0.4, -0.2) is 38.1 Å². The second kappa shape index (κ2) is 8.58. The van der Waals surface area contributed by atoms with Gasteiger partial charge in [0.1, 0.15) is 5.69 Å². The number of aromatic nitrogens is 4. The maximum atomic E-state index is 9.94. The Balaban J connectivity index is 1.30. The van der Waals surface area contributed by atoms with Gasteiger partial charge in [-0.25, -0.2) is 19.9 Å². The van der Waals surface area contributed by atoms with Crippen LogP contribution in [0.2, 0.25) is 5.02 Å². The molecule has 5 rings (SSSR count). The molecule has 8 heteroatoms. The Kier molecular flexibility index (Phi) is 5.63. The fourth-order valence-electron chi connectivity index (χ4n) is 4.92. The lowest BCUT2D eigenvalue weighted by Gasteiger charge is -2.42. The number of nitrogens with zero attached hydrogens (tertiary/aromatic N) is 5. The first kappa shape index (κ1) is 21.0. The normalized spacial score (nSPS) is 19.6. The fourth-order valence-corrected chi connectivity index (χ4v) is 5.02. The molecular weight excluding hydrogens is 424 g/mol. The Hall–Kier alpha value is -2.87. The predicted molar refractivity (Wildman–Crippen MR) is 125 cm³/mol. The third-order valence-corrected chi connectivity index (χ3v) is 6.88. The number of hydrogen-bond acceptors (Lipinski definition) is 7. The van der Waals surface area contributed by atoms with Crippen LogP contribution in [0.4, 0.5) is 5.82 Å². The number of aliphatic hydroxyl groups is 1. The van der Waals surface area contributed by atoms with Crippen molar-refractivity contribution in [1.29, 1.82) is 0 Å². The quantitative estimate of drug-likeness (QED) is 0.630. The summed E-state index contributed by atoms with van der Waals surface area (Å²) in [4.78, 5) is 19.7. The second-order valence-corrected chi connectivity index (χ2v) is 8.96. The molecule has 0 bridgehead atoms. The number of nitrogens with two attached hydrogens (primary N) is 1. The number of anilines is 1. The summed E-state index contributed by atoms with van der Waals surface area (Å²) in [6, 6.07) is 8.61. The van der Waals surface area contributed by atoms with Crippen LogP contribution in [0.1, 0.15) is 47.2 Å². The Bertz CT molecular complexity index is 1140. The number of benzene rings is 1. The largest absolute Gasteiger partial charge is 0.390 e. The number of fused-ring (bicyclic) bond motifs is 1. The molecule has 1 unspecified atom stereocenters. The molecule has 1 atom stereocenters. The van der Waals surface area contributed by atoms with E-state index in [0.29, 0.717) is 22.2 Å². The molecule has 1 spiro atoms. The van der Waals surface area contributed by atoms with Crippen LogP contribution in [0.15, 0.2) is 42.9 Å². The Morgan fingerprint density at radius 3 is 2.56 bits per heavy atom. The van der Waals surface area contributed by atoms with Crippen LogP contribution < -0.4 is 10.6 Å². The molecule has 2 aromatic heterocycles. The minimum Gasteiger partial charge on any atom is -0.390 e. The van der Waals surface area contributed by atoms with Crippen molar-refractivity contribution in [1.82, 2.24) is 19.9 Å². The van der Waals surface area contributed by atoms with Crippen molar-refractivity contribution in [3.63, 3.8) is 0 Å². The third kappa shape index (κ3) is 3.88. The van der Waals surface area contributed by atoms with E-state index >= 15 is 0 Å². The van der Waals surface area contributed by atoms with E-state index in [1.54, 1.807) is 30.7 Å². The third-order valence-electron chi connectivity index (χ3n) is 6.69. The van der Waals surface area contributed by atoms with Crippen LogP contribution in [-0.2, 0) is 13.0 Å². The first-order valence-electron chi connectivity index (χ1n) is 10.8. The Morgan fingerprint density at radius 1 is 1.09 bits per heavy atom. The average molecular weight is 449 g/mol. The van der Waals surface area contributed by atoms with Gasteiger partial charge in [0.2, 0.25) is 0 Å². The molecule has 1 fully saturated rings. The summed E-state index contributed by atoms with van der Waals surface area (Å²) in [6.45, 7) is 1.52. The monoisotopic (exact) mass is 448 g/mol. The number of hydrogen-bond donors (Lipinski definition) is 2. The van der Waals surface area contributed by atoms with Crippen LogP contribution in [0.25, 0.3) is 12.2 Å². The van der Waals surface area contributed by atoms with Gasteiger partial charge >= 0.3 is 0 Å². The zero-order chi connectivity index (χ0) is 22.1. The molecule has 0 amide bonds. The molecule has 3 aromatic rings. The van der Waals surface area contributed by atoms with Crippen LogP contribution in [0.5, 0.6) is 0 Å². The number of aliphatic hydroxyl groups excluding tert-OH is 1. The van der Waals surface area contributed by atoms with Gasteiger partial charge in [0.15, 0.2) is 11.6 Å². The standard InChI is InChI=1S/C24H25ClN6O/c25-17-12-27-21(28-13-17)6-5-18-14-29-23(20(15-32)30-18)31-9-7-24(8-10-31)11-16-3-1-2-4-19(16)22(24)26/h1-6,12-14,22,32H,7-11,15,26H2.